The molecule has 1 rings (SSSR count). The summed E-state index contributed by atoms with van der Waals surface area (Å²) in [6, 6.07) is 0.113. The summed E-state index contributed by atoms with van der Waals surface area (Å²) < 4.78 is 10.7. The van der Waals surface area contributed by atoms with Gasteiger partial charge in [0.05, 0.1) is 19.1 Å². The van der Waals surface area contributed by atoms with E-state index in [4.69, 9.17) is 15.2 Å². The second kappa shape index (κ2) is 8.45. The SMILES string of the molecule is CCCOCCC(=O)N1CCC(OC)CC1CN. The highest BCUT2D eigenvalue weighted by Gasteiger charge is 2.30. The maximum atomic E-state index is 12.1. The molecule has 1 amide bonds. The molecule has 0 aromatic carbocycles. The van der Waals surface area contributed by atoms with E-state index in [0.717, 1.165) is 32.4 Å². The molecule has 5 nitrogen and oxygen atoms in total. The number of rotatable bonds is 7. The third kappa shape index (κ3) is 4.55. The van der Waals surface area contributed by atoms with Crippen molar-refractivity contribution >= 4 is 5.91 Å². The van der Waals surface area contributed by atoms with Gasteiger partial charge in [-0.05, 0) is 19.3 Å². The van der Waals surface area contributed by atoms with Crippen LogP contribution in [0.4, 0.5) is 0 Å². The number of hydrogen-bond donors (Lipinski definition) is 1. The van der Waals surface area contributed by atoms with Crippen molar-refractivity contribution in [3.63, 3.8) is 0 Å². The van der Waals surface area contributed by atoms with Crippen LogP contribution in [0.3, 0.4) is 0 Å². The number of hydrogen-bond acceptors (Lipinski definition) is 4. The first-order chi connectivity index (χ1) is 8.72. The maximum Gasteiger partial charge on any atom is 0.225 e. The molecule has 0 bridgehead atoms. The number of nitrogens with zero attached hydrogens (tertiary/aromatic N) is 1. The Morgan fingerprint density at radius 2 is 2.22 bits per heavy atom. The van der Waals surface area contributed by atoms with Crippen LogP contribution >= 0.6 is 0 Å². The Bertz CT molecular complexity index is 248. The van der Waals surface area contributed by atoms with Gasteiger partial charge in [-0.25, -0.2) is 0 Å². The third-order valence-electron chi connectivity index (χ3n) is 3.40. The number of ether oxygens (including phenoxy) is 2. The van der Waals surface area contributed by atoms with E-state index >= 15 is 0 Å². The largest absolute Gasteiger partial charge is 0.381 e. The van der Waals surface area contributed by atoms with Crippen molar-refractivity contribution in [3.05, 3.63) is 0 Å². The molecule has 1 saturated heterocycles. The summed E-state index contributed by atoms with van der Waals surface area (Å²) in [5.74, 6) is 0.149. The molecule has 2 unspecified atom stereocenters. The van der Waals surface area contributed by atoms with E-state index in [1.807, 2.05) is 4.90 Å². The zero-order chi connectivity index (χ0) is 13.4. The topological polar surface area (TPSA) is 64.8 Å². The summed E-state index contributed by atoms with van der Waals surface area (Å²) in [4.78, 5) is 14.0. The average Bonchev–Trinajstić information content (AvgIpc) is 2.42. The fourth-order valence-electron chi connectivity index (χ4n) is 2.33. The number of carbonyl (C=O) groups is 1. The van der Waals surface area contributed by atoms with Crippen molar-refractivity contribution < 1.29 is 14.3 Å². The summed E-state index contributed by atoms with van der Waals surface area (Å²) in [7, 11) is 1.72. The molecular weight excluding hydrogens is 232 g/mol. The molecule has 0 aliphatic carbocycles. The van der Waals surface area contributed by atoms with Crippen molar-refractivity contribution in [1.29, 1.82) is 0 Å². The Labute approximate surface area is 110 Å². The van der Waals surface area contributed by atoms with Gasteiger partial charge in [0.2, 0.25) is 5.91 Å². The van der Waals surface area contributed by atoms with Crippen LogP contribution in [-0.4, -0.2) is 56.4 Å². The summed E-state index contributed by atoms with van der Waals surface area (Å²) >= 11 is 0. The molecule has 0 spiro atoms. The standard InChI is InChI=1S/C13H26N2O3/c1-3-7-18-8-5-13(16)15-6-4-12(17-2)9-11(15)10-14/h11-12H,3-10,14H2,1-2H3. The van der Waals surface area contributed by atoms with E-state index in [-0.39, 0.29) is 18.1 Å². The van der Waals surface area contributed by atoms with Crippen molar-refractivity contribution in [2.45, 2.75) is 44.8 Å². The molecule has 106 valence electrons. The second-order valence-electron chi connectivity index (χ2n) is 4.72. The first-order valence-electron chi connectivity index (χ1n) is 6.83. The fourth-order valence-corrected chi connectivity index (χ4v) is 2.33. The number of likely N-dealkylation sites (tertiary alicyclic amines) is 1. The Kier molecular flexibility index (Phi) is 7.23. The molecule has 2 N–H and O–H groups in total. The van der Waals surface area contributed by atoms with E-state index in [1.54, 1.807) is 7.11 Å². The van der Waals surface area contributed by atoms with Gasteiger partial charge < -0.3 is 20.1 Å². The minimum Gasteiger partial charge on any atom is -0.381 e. The van der Waals surface area contributed by atoms with Gasteiger partial charge in [0.15, 0.2) is 0 Å². The molecule has 18 heavy (non-hydrogen) atoms. The molecule has 0 aromatic rings. The second-order valence-corrected chi connectivity index (χ2v) is 4.72. The maximum absolute atomic E-state index is 12.1. The van der Waals surface area contributed by atoms with Crippen molar-refractivity contribution in [2.75, 3.05) is 33.4 Å². The number of methoxy groups -OCH3 is 1. The Hall–Kier alpha value is -0.650. The summed E-state index contributed by atoms with van der Waals surface area (Å²) in [6.45, 7) is 4.53. The zero-order valence-corrected chi connectivity index (χ0v) is 11.6. The van der Waals surface area contributed by atoms with E-state index in [0.29, 0.717) is 19.6 Å². The monoisotopic (exact) mass is 258 g/mol. The van der Waals surface area contributed by atoms with Crippen LogP contribution in [0.2, 0.25) is 0 Å². The minimum atomic E-state index is 0.113. The lowest BCUT2D eigenvalue weighted by molar-refractivity contribution is -0.137. The van der Waals surface area contributed by atoms with Crippen molar-refractivity contribution in [2.24, 2.45) is 5.73 Å². The lowest BCUT2D eigenvalue weighted by Crippen LogP contribution is -2.51. The van der Waals surface area contributed by atoms with Gasteiger partial charge in [-0.1, -0.05) is 6.92 Å². The number of amides is 1. The fraction of sp³-hybridized carbons (Fsp3) is 0.923. The summed E-state index contributed by atoms with van der Waals surface area (Å²) in [5, 5.41) is 0. The molecule has 5 heteroatoms. The summed E-state index contributed by atoms with van der Waals surface area (Å²) in [6.07, 6.45) is 3.41. The Balaban J connectivity index is 2.36. The van der Waals surface area contributed by atoms with E-state index in [2.05, 4.69) is 6.92 Å². The van der Waals surface area contributed by atoms with Crippen LogP contribution in [0.5, 0.6) is 0 Å². The van der Waals surface area contributed by atoms with Gasteiger partial charge >= 0.3 is 0 Å². The van der Waals surface area contributed by atoms with Gasteiger partial charge in [0, 0.05) is 32.8 Å². The van der Waals surface area contributed by atoms with E-state index in [1.165, 1.54) is 0 Å². The number of piperidine rings is 1. The molecule has 0 radical (unpaired) electrons. The predicted octanol–water partition coefficient (Wildman–Crippen LogP) is 0.768. The first-order valence-corrected chi connectivity index (χ1v) is 6.83. The lowest BCUT2D eigenvalue weighted by atomic mass is 9.99. The van der Waals surface area contributed by atoms with E-state index < -0.39 is 0 Å². The van der Waals surface area contributed by atoms with Crippen LogP contribution in [0.1, 0.15) is 32.6 Å². The van der Waals surface area contributed by atoms with Gasteiger partial charge in [0.25, 0.3) is 0 Å². The average molecular weight is 258 g/mol. The van der Waals surface area contributed by atoms with Crippen LogP contribution in [0, 0.1) is 0 Å². The van der Waals surface area contributed by atoms with Crippen molar-refractivity contribution in [3.8, 4) is 0 Å². The highest BCUT2D eigenvalue weighted by Crippen LogP contribution is 2.19. The molecule has 1 aliphatic heterocycles. The molecule has 1 heterocycles. The summed E-state index contributed by atoms with van der Waals surface area (Å²) in [5.41, 5.74) is 5.74. The lowest BCUT2D eigenvalue weighted by Gasteiger charge is -2.38. The zero-order valence-electron chi connectivity index (χ0n) is 11.6. The highest BCUT2D eigenvalue weighted by atomic mass is 16.5. The van der Waals surface area contributed by atoms with Crippen LogP contribution in [0.15, 0.2) is 0 Å². The molecule has 2 atom stereocenters. The van der Waals surface area contributed by atoms with Gasteiger partial charge in [0.1, 0.15) is 0 Å². The van der Waals surface area contributed by atoms with Crippen molar-refractivity contribution in [1.82, 2.24) is 4.90 Å². The van der Waals surface area contributed by atoms with Gasteiger partial charge in [-0.3, -0.25) is 4.79 Å². The van der Waals surface area contributed by atoms with Crippen LogP contribution in [0.25, 0.3) is 0 Å². The van der Waals surface area contributed by atoms with Gasteiger partial charge in [-0.2, -0.15) is 0 Å². The molecule has 0 saturated carbocycles. The number of nitrogens with two attached hydrogens (primary N) is 1. The normalized spacial score (nSPS) is 24.3. The molecule has 1 fully saturated rings. The van der Waals surface area contributed by atoms with Crippen LogP contribution < -0.4 is 5.73 Å². The smallest absolute Gasteiger partial charge is 0.225 e. The molecule has 0 aromatic heterocycles. The third-order valence-corrected chi connectivity index (χ3v) is 3.40. The Morgan fingerprint density at radius 1 is 1.44 bits per heavy atom. The highest BCUT2D eigenvalue weighted by molar-refractivity contribution is 5.76. The number of carbonyl (C=O) groups excluding carboxylic acids is 1. The molecule has 1 aliphatic rings. The van der Waals surface area contributed by atoms with Gasteiger partial charge in [-0.15, -0.1) is 0 Å². The minimum absolute atomic E-state index is 0.113. The van der Waals surface area contributed by atoms with E-state index in [9.17, 15) is 4.79 Å². The predicted molar refractivity (Wildman–Crippen MR) is 70.3 cm³/mol. The quantitative estimate of drug-likeness (QED) is 0.685. The van der Waals surface area contributed by atoms with Crippen LogP contribution in [-0.2, 0) is 14.3 Å². The molecular formula is C13H26N2O3. The Morgan fingerprint density at radius 3 is 2.83 bits per heavy atom. The first kappa shape index (κ1) is 15.4.